The van der Waals surface area contributed by atoms with Crippen LogP contribution in [0.15, 0.2) is 94.4 Å². The number of carbonyl (C=O) groups excluding carboxylic acids is 2. The van der Waals surface area contributed by atoms with Gasteiger partial charge in [0.1, 0.15) is 11.5 Å². The number of benzene rings is 3. The summed E-state index contributed by atoms with van der Waals surface area (Å²) in [4.78, 5) is 29.0. The lowest BCUT2D eigenvalue weighted by Gasteiger charge is -2.17. The van der Waals surface area contributed by atoms with Crippen LogP contribution >= 0.6 is 11.8 Å². The number of fused-ring (bicyclic) bond motifs is 1. The van der Waals surface area contributed by atoms with Gasteiger partial charge in [-0.15, -0.1) is 11.8 Å². The molecule has 0 N–H and O–H groups in total. The summed E-state index contributed by atoms with van der Waals surface area (Å²) in [5.41, 5.74) is 1.65. The number of amides is 2. The van der Waals surface area contributed by atoms with Gasteiger partial charge in [-0.05, 0) is 41.3 Å². The Morgan fingerprint density at radius 3 is 2.41 bits per heavy atom. The van der Waals surface area contributed by atoms with Crippen LogP contribution in [-0.4, -0.2) is 18.9 Å². The fourth-order valence-electron chi connectivity index (χ4n) is 3.82. The average Bonchev–Trinajstić information content (AvgIpc) is 3.43. The van der Waals surface area contributed by atoms with Crippen molar-refractivity contribution in [2.75, 3.05) is 12.0 Å². The second kappa shape index (κ2) is 8.40. The SMILES string of the molecule is COc1ccc(C2=C(SCc3ccco3)C(=O)N(c3cccc4ccccc34)C2=O)cc1. The highest BCUT2D eigenvalue weighted by Gasteiger charge is 2.40. The van der Waals surface area contributed by atoms with Crippen LogP contribution in [0.4, 0.5) is 5.69 Å². The molecule has 0 fully saturated rings. The molecule has 4 aromatic rings. The molecule has 0 spiro atoms. The minimum Gasteiger partial charge on any atom is -0.497 e. The molecule has 1 aliphatic rings. The summed E-state index contributed by atoms with van der Waals surface area (Å²) < 4.78 is 10.7. The zero-order valence-corrected chi connectivity index (χ0v) is 18.1. The van der Waals surface area contributed by atoms with Gasteiger partial charge >= 0.3 is 0 Å². The van der Waals surface area contributed by atoms with Crippen LogP contribution in [0.3, 0.4) is 0 Å². The lowest BCUT2D eigenvalue weighted by molar-refractivity contribution is -0.119. The number of furan rings is 1. The zero-order chi connectivity index (χ0) is 22.1. The number of imide groups is 1. The van der Waals surface area contributed by atoms with E-state index in [4.69, 9.17) is 9.15 Å². The molecule has 6 heteroatoms. The maximum atomic E-state index is 13.7. The standard InChI is InChI=1S/C26H19NO4S/c1-30-19-13-11-18(12-14-19)23-24(32-16-20-8-5-15-31-20)26(29)27(25(23)28)22-10-4-7-17-6-2-3-9-21(17)22/h2-15H,16H2,1H3. The van der Waals surface area contributed by atoms with Crippen LogP contribution in [0.5, 0.6) is 5.75 Å². The quantitative estimate of drug-likeness (QED) is 0.361. The summed E-state index contributed by atoms with van der Waals surface area (Å²) in [6, 6.07) is 24.2. The smallest absolute Gasteiger partial charge is 0.272 e. The highest BCUT2D eigenvalue weighted by Crippen LogP contribution is 2.41. The normalized spacial score (nSPS) is 14.0. The van der Waals surface area contributed by atoms with E-state index in [1.54, 1.807) is 43.7 Å². The fourth-order valence-corrected chi connectivity index (χ4v) is 4.83. The molecule has 0 unspecified atom stereocenters. The van der Waals surface area contributed by atoms with Gasteiger partial charge in [0.25, 0.3) is 11.8 Å². The summed E-state index contributed by atoms with van der Waals surface area (Å²) >= 11 is 1.31. The number of rotatable bonds is 6. The molecule has 0 bridgehead atoms. The van der Waals surface area contributed by atoms with E-state index in [1.165, 1.54) is 16.7 Å². The third-order valence-electron chi connectivity index (χ3n) is 5.37. The lowest BCUT2D eigenvalue weighted by Crippen LogP contribution is -2.31. The largest absolute Gasteiger partial charge is 0.497 e. The van der Waals surface area contributed by atoms with Crippen molar-refractivity contribution >= 4 is 45.6 Å². The zero-order valence-electron chi connectivity index (χ0n) is 17.3. The van der Waals surface area contributed by atoms with E-state index in [9.17, 15) is 9.59 Å². The lowest BCUT2D eigenvalue weighted by atomic mass is 10.1. The highest BCUT2D eigenvalue weighted by molar-refractivity contribution is 8.03. The molecule has 1 aromatic heterocycles. The first-order valence-corrected chi connectivity index (χ1v) is 11.1. The number of nitrogens with zero attached hydrogens (tertiary/aromatic N) is 1. The van der Waals surface area contributed by atoms with Crippen molar-refractivity contribution in [3.8, 4) is 5.75 Å². The van der Waals surface area contributed by atoms with Crippen molar-refractivity contribution in [2.45, 2.75) is 5.75 Å². The van der Waals surface area contributed by atoms with Crippen molar-refractivity contribution in [3.05, 3.63) is 101 Å². The van der Waals surface area contributed by atoms with E-state index in [-0.39, 0.29) is 11.8 Å². The minimum atomic E-state index is -0.335. The minimum absolute atomic E-state index is 0.325. The van der Waals surface area contributed by atoms with Gasteiger partial charge in [-0.1, -0.05) is 48.5 Å². The second-order valence-electron chi connectivity index (χ2n) is 7.24. The Kier molecular flexibility index (Phi) is 5.29. The first kappa shape index (κ1) is 20.2. The highest BCUT2D eigenvalue weighted by atomic mass is 32.2. The van der Waals surface area contributed by atoms with Crippen molar-refractivity contribution in [3.63, 3.8) is 0 Å². The van der Waals surface area contributed by atoms with E-state index in [2.05, 4.69) is 0 Å². The van der Waals surface area contributed by atoms with E-state index in [0.29, 0.717) is 33.2 Å². The Labute approximate surface area is 189 Å². The van der Waals surface area contributed by atoms with Crippen LogP contribution in [-0.2, 0) is 15.3 Å². The van der Waals surface area contributed by atoms with Crippen LogP contribution in [0.25, 0.3) is 16.3 Å². The Hall–Kier alpha value is -3.77. The molecule has 32 heavy (non-hydrogen) atoms. The average molecular weight is 442 g/mol. The summed E-state index contributed by atoms with van der Waals surface area (Å²) in [6.45, 7) is 0. The molecule has 5 nitrogen and oxygen atoms in total. The first-order valence-electron chi connectivity index (χ1n) is 10.1. The topological polar surface area (TPSA) is 59.8 Å². The Bertz CT molecular complexity index is 1330. The third kappa shape index (κ3) is 3.48. The predicted octanol–water partition coefficient (Wildman–Crippen LogP) is 5.66. The van der Waals surface area contributed by atoms with E-state index in [0.717, 1.165) is 16.5 Å². The van der Waals surface area contributed by atoms with Crippen molar-refractivity contribution in [2.24, 2.45) is 0 Å². The van der Waals surface area contributed by atoms with Crippen LogP contribution in [0.1, 0.15) is 11.3 Å². The molecule has 0 radical (unpaired) electrons. The maximum absolute atomic E-state index is 13.7. The van der Waals surface area contributed by atoms with Crippen LogP contribution < -0.4 is 9.64 Å². The molecule has 0 aliphatic carbocycles. The summed E-state index contributed by atoms with van der Waals surface area (Å²) in [6.07, 6.45) is 1.60. The molecule has 3 aromatic carbocycles. The van der Waals surface area contributed by atoms with Gasteiger partial charge in [0.05, 0.1) is 35.3 Å². The monoisotopic (exact) mass is 441 g/mol. The van der Waals surface area contributed by atoms with Crippen molar-refractivity contribution in [1.82, 2.24) is 0 Å². The second-order valence-corrected chi connectivity index (χ2v) is 8.23. The Balaban J connectivity index is 1.60. The number of ether oxygens (including phenoxy) is 1. The molecular weight excluding hydrogens is 422 g/mol. The van der Waals surface area contributed by atoms with Crippen molar-refractivity contribution < 1.29 is 18.7 Å². The molecule has 2 amide bonds. The Morgan fingerprint density at radius 2 is 1.66 bits per heavy atom. The molecular formula is C26H19NO4S. The fraction of sp³-hybridized carbons (Fsp3) is 0.0769. The van der Waals surface area contributed by atoms with Gasteiger partial charge in [0.2, 0.25) is 0 Å². The summed E-state index contributed by atoms with van der Waals surface area (Å²) in [7, 11) is 1.59. The number of hydrogen-bond donors (Lipinski definition) is 0. The molecule has 0 atom stereocenters. The van der Waals surface area contributed by atoms with Gasteiger partial charge < -0.3 is 9.15 Å². The van der Waals surface area contributed by atoms with Gasteiger partial charge in [0.15, 0.2) is 0 Å². The molecule has 0 saturated heterocycles. The van der Waals surface area contributed by atoms with Crippen LogP contribution in [0.2, 0.25) is 0 Å². The van der Waals surface area contributed by atoms with Crippen LogP contribution in [0, 0.1) is 0 Å². The maximum Gasteiger partial charge on any atom is 0.272 e. The third-order valence-corrected chi connectivity index (χ3v) is 6.46. The number of methoxy groups -OCH3 is 1. The van der Waals surface area contributed by atoms with Gasteiger partial charge in [0, 0.05) is 5.39 Å². The van der Waals surface area contributed by atoms with E-state index >= 15 is 0 Å². The van der Waals surface area contributed by atoms with Gasteiger partial charge in [-0.2, -0.15) is 0 Å². The van der Waals surface area contributed by atoms with E-state index < -0.39 is 0 Å². The predicted molar refractivity (Wildman–Crippen MR) is 126 cm³/mol. The summed E-state index contributed by atoms with van der Waals surface area (Å²) in [5, 5.41) is 1.82. The molecule has 1 aliphatic heterocycles. The van der Waals surface area contributed by atoms with E-state index in [1.807, 2.05) is 48.5 Å². The van der Waals surface area contributed by atoms with Gasteiger partial charge in [-0.3, -0.25) is 9.59 Å². The molecule has 5 rings (SSSR count). The first-order chi connectivity index (χ1) is 15.7. The van der Waals surface area contributed by atoms with Crippen molar-refractivity contribution in [1.29, 1.82) is 0 Å². The molecule has 2 heterocycles. The van der Waals surface area contributed by atoms with Gasteiger partial charge in [-0.25, -0.2) is 4.90 Å². The summed E-state index contributed by atoms with van der Waals surface area (Å²) in [5.74, 6) is 1.21. The molecule has 158 valence electrons. The number of thioether (sulfide) groups is 1. The number of carbonyl (C=O) groups is 2. The number of anilines is 1. The Morgan fingerprint density at radius 1 is 0.875 bits per heavy atom. The number of hydrogen-bond acceptors (Lipinski definition) is 5. The molecule has 0 saturated carbocycles.